The number of likely N-dealkylation sites (N-methyl/N-ethyl adjacent to an activating group) is 1. The van der Waals surface area contributed by atoms with Crippen LogP contribution in [0.2, 0.25) is 0 Å². The van der Waals surface area contributed by atoms with Crippen molar-refractivity contribution in [3.63, 3.8) is 0 Å². The molecule has 0 spiro atoms. The molecule has 0 aromatic carbocycles. The van der Waals surface area contributed by atoms with Crippen molar-refractivity contribution in [2.75, 3.05) is 18.8 Å². The summed E-state index contributed by atoms with van der Waals surface area (Å²) in [7, 11) is 0. The molecule has 112 valence electrons. The van der Waals surface area contributed by atoms with E-state index in [2.05, 4.69) is 17.9 Å². The van der Waals surface area contributed by atoms with E-state index in [1.54, 1.807) is 6.92 Å². The lowest BCUT2D eigenvalue weighted by Gasteiger charge is -2.08. The van der Waals surface area contributed by atoms with E-state index in [0.29, 0.717) is 6.54 Å². The number of thiol groups is 1. The van der Waals surface area contributed by atoms with Crippen molar-refractivity contribution in [1.29, 1.82) is 0 Å². The average molecular weight is 303 g/mol. The summed E-state index contributed by atoms with van der Waals surface area (Å²) in [5.74, 6) is -1.80. The molecule has 0 bridgehead atoms. The van der Waals surface area contributed by atoms with E-state index in [1.165, 1.54) is 17.1 Å². The van der Waals surface area contributed by atoms with Crippen molar-refractivity contribution < 1.29 is 24.3 Å². The third kappa shape index (κ3) is 6.34. The maximum Gasteiger partial charge on any atom is 0.322 e. The zero-order valence-corrected chi connectivity index (χ0v) is 11.8. The lowest BCUT2D eigenvalue weighted by atomic mass is 10.3. The number of aliphatic carboxylic acids is 1. The summed E-state index contributed by atoms with van der Waals surface area (Å²) in [5, 5.41) is 10.3. The smallest absolute Gasteiger partial charge is 0.322 e. The van der Waals surface area contributed by atoms with Gasteiger partial charge < -0.3 is 16.2 Å². The number of carboxylic acids is 1. The number of nitrogens with zero attached hydrogens (tertiary/aromatic N) is 1. The number of nitrogens with two attached hydrogens (primary N) is 1. The van der Waals surface area contributed by atoms with Crippen LogP contribution in [-0.2, 0) is 19.2 Å². The molecule has 0 saturated carbocycles. The summed E-state index contributed by atoms with van der Waals surface area (Å²) in [4.78, 5) is 43.1. The summed E-state index contributed by atoms with van der Waals surface area (Å²) >= 11 is 3.77. The van der Waals surface area contributed by atoms with Gasteiger partial charge in [-0.1, -0.05) is 0 Å². The van der Waals surface area contributed by atoms with Gasteiger partial charge in [0.1, 0.15) is 6.54 Å². The monoisotopic (exact) mass is 303 g/mol. The molecule has 0 unspecified atom stereocenters. The number of hydrogen-bond donors (Lipinski definition) is 4. The zero-order chi connectivity index (χ0) is 15.7. The summed E-state index contributed by atoms with van der Waals surface area (Å²) in [5.41, 5.74) is 5.22. The second-order valence-electron chi connectivity index (χ2n) is 3.65. The zero-order valence-electron chi connectivity index (χ0n) is 10.9. The number of carboxylic acid groups (broad SMARTS) is 1. The first-order valence-corrected chi connectivity index (χ1v) is 6.36. The third-order valence-corrected chi connectivity index (χ3v) is 2.56. The highest BCUT2D eigenvalue weighted by Crippen LogP contribution is 2.00. The summed E-state index contributed by atoms with van der Waals surface area (Å²) < 4.78 is 0. The molecule has 1 aliphatic rings. The molecular formula is C11H17N3O5S. The van der Waals surface area contributed by atoms with Gasteiger partial charge in [0.15, 0.2) is 0 Å². The first kappa shape index (κ1) is 18.1. The van der Waals surface area contributed by atoms with Crippen molar-refractivity contribution in [2.45, 2.75) is 13.0 Å². The van der Waals surface area contributed by atoms with Gasteiger partial charge in [0.25, 0.3) is 11.8 Å². The van der Waals surface area contributed by atoms with Gasteiger partial charge in [-0.05, 0) is 6.92 Å². The second-order valence-corrected chi connectivity index (χ2v) is 4.02. The largest absolute Gasteiger partial charge is 0.480 e. The Morgan fingerprint density at radius 1 is 1.40 bits per heavy atom. The molecule has 1 heterocycles. The molecule has 9 heteroatoms. The maximum atomic E-state index is 10.7. The highest BCUT2D eigenvalue weighted by Gasteiger charge is 2.20. The van der Waals surface area contributed by atoms with Gasteiger partial charge in [-0.2, -0.15) is 12.6 Å². The van der Waals surface area contributed by atoms with E-state index in [-0.39, 0.29) is 17.6 Å². The molecule has 0 radical (unpaired) electrons. The molecule has 1 rings (SSSR count). The van der Waals surface area contributed by atoms with Gasteiger partial charge in [-0.3, -0.25) is 24.1 Å². The van der Waals surface area contributed by atoms with Gasteiger partial charge in [0.05, 0.1) is 6.04 Å². The topological polar surface area (TPSA) is 130 Å². The number of carbonyl (C=O) groups is 4. The summed E-state index contributed by atoms with van der Waals surface area (Å²) in [6.07, 6.45) is 2.57. The fourth-order valence-corrected chi connectivity index (χ4v) is 1.29. The van der Waals surface area contributed by atoms with Crippen LogP contribution in [0.5, 0.6) is 0 Å². The van der Waals surface area contributed by atoms with Gasteiger partial charge >= 0.3 is 5.97 Å². The Morgan fingerprint density at radius 3 is 2.20 bits per heavy atom. The van der Waals surface area contributed by atoms with Crippen LogP contribution in [0.15, 0.2) is 12.2 Å². The van der Waals surface area contributed by atoms with E-state index in [1.807, 2.05) is 0 Å². The van der Waals surface area contributed by atoms with Crippen LogP contribution in [-0.4, -0.2) is 58.6 Å². The molecule has 0 aromatic heterocycles. The molecular weight excluding hydrogens is 286 g/mol. The quantitative estimate of drug-likeness (QED) is 0.356. The molecule has 0 aromatic rings. The summed E-state index contributed by atoms with van der Waals surface area (Å²) in [6.45, 7) is 1.83. The molecule has 4 N–H and O–H groups in total. The van der Waals surface area contributed by atoms with E-state index >= 15 is 0 Å². The Hall–Kier alpha value is -1.87. The number of carbonyl (C=O) groups excluding carboxylic acids is 3. The Labute approximate surface area is 121 Å². The van der Waals surface area contributed by atoms with Gasteiger partial charge in [0, 0.05) is 24.4 Å². The van der Waals surface area contributed by atoms with Crippen LogP contribution in [0.3, 0.4) is 0 Å². The van der Waals surface area contributed by atoms with E-state index in [4.69, 9.17) is 10.8 Å². The van der Waals surface area contributed by atoms with Crippen LogP contribution in [0, 0.1) is 0 Å². The fourth-order valence-electron chi connectivity index (χ4n) is 1.12. The molecule has 8 nitrogen and oxygen atoms in total. The van der Waals surface area contributed by atoms with Crippen LogP contribution < -0.4 is 11.1 Å². The van der Waals surface area contributed by atoms with Gasteiger partial charge in [-0.25, -0.2) is 0 Å². The van der Waals surface area contributed by atoms with Crippen molar-refractivity contribution in [3.8, 4) is 0 Å². The number of imide groups is 1. The third-order valence-electron chi connectivity index (χ3n) is 2.16. The molecule has 0 fully saturated rings. The number of nitrogens with one attached hydrogen (secondary N) is 1. The Morgan fingerprint density at radius 2 is 1.90 bits per heavy atom. The van der Waals surface area contributed by atoms with Crippen LogP contribution in [0.1, 0.15) is 6.92 Å². The lowest BCUT2D eigenvalue weighted by molar-refractivity contribution is -0.138. The molecule has 0 aliphatic carbocycles. The first-order chi connectivity index (χ1) is 9.33. The van der Waals surface area contributed by atoms with Crippen LogP contribution >= 0.6 is 12.6 Å². The van der Waals surface area contributed by atoms with Crippen molar-refractivity contribution in [3.05, 3.63) is 12.2 Å². The first-order valence-electron chi connectivity index (χ1n) is 5.72. The van der Waals surface area contributed by atoms with Crippen molar-refractivity contribution in [2.24, 2.45) is 5.73 Å². The van der Waals surface area contributed by atoms with E-state index in [9.17, 15) is 19.2 Å². The minimum atomic E-state index is -1.09. The minimum Gasteiger partial charge on any atom is -0.480 e. The standard InChI is InChI=1S/C6H7NO2.C5H10N2O3S/c1-2-7-5(8)3-4-6(7)9;6-3(2-11)5(10)7-1-4(8)9/h3-4H,2H2,1H3;3,11H,1-2,6H2,(H,7,10)(H,8,9)/t;3-/m.0/s1. The molecule has 3 amide bonds. The number of rotatable bonds is 5. The summed E-state index contributed by atoms with van der Waals surface area (Å²) in [6, 6.07) is -0.738. The Kier molecular flexibility index (Phi) is 8.25. The Balaban J connectivity index is 0.000000367. The second kappa shape index (κ2) is 9.10. The SMILES string of the molecule is CCN1C(=O)C=CC1=O.N[C@@H](CS)C(=O)NCC(=O)O. The fraction of sp³-hybridized carbons (Fsp3) is 0.455. The average Bonchev–Trinajstić information content (AvgIpc) is 2.74. The maximum absolute atomic E-state index is 10.7. The molecule has 1 aliphatic heterocycles. The van der Waals surface area contributed by atoms with Crippen LogP contribution in [0.25, 0.3) is 0 Å². The molecule has 1 atom stereocenters. The van der Waals surface area contributed by atoms with Crippen molar-refractivity contribution in [1.82, 2.24) is 10.2 Å². The van der Waals surface area contributed by atoms with Crippen LogP contribution in [0.4, 0.5) is 0 Å². The van der Waals surface area contributed by atoms with Gasteiger partial charge in [-0.15, -0.1) is 0 Å². The predicted molar refractivity (Wildman–Crippen MR) is 74.0 cm³/mol. The highest BCUT2D eigenvalue weighted by molar-refractivity contribution is 7.80. The van der Waals surface area contributed by atoms with Crippen molar-refractivity contribution >= 4 is 36.3 Å². The Bertz CT molecular complexity index is 406. The van der Waals surface area contributed by atoms with E-state index < -0.39 is 24.5 Å². The minimum absolute atomic E-state index is 0.200. The molecule has 0 saturated heterocycles. The lowest BCUT2D eigenvalue weighted by Crippen LogP contribution is -2.43. The van der Waals surface area contributed by atoms with Gasteiger partial charge in [0.2, 0.25) is 5.91 Å². The van der Waals surface area contributed by atoms with E-state index in [0.717, 1.165) is 0 Å². The highest BCUT2D eigenvalue weighted by atomic mass is 32.1. The predicted octanol–water partition coefficient (Wildman–Crippen LogP) is -1.62. The number of amides is 3. The normalized spacial score (nSPS) is 14.7. The number of hydrogen-bond acceptors (Lipinski definition) is 6. The molecule has 20 heavy (non-hydrogen) atoms.